The van der Waals surface area contributed by atoms with Gasteiger partial charge in [0.1, 0.15) is 11.7 Å². The summed E-state index contributed by atoms with van der Waals surface area (Å²) in [5, 5.41) is 1.04. The molecule has 216 valence electrons. The summed E-state index contributed by atoms with van der Waals surface area (Å²) in [4.78, 5) is 12.5. The maximum absolute atomic E-state index is 14.9. The van der Waals surface area contributed by atoms with Gasteiger partial charge in [0.15, 0.2) is 5.78 Å². The van der Waals surface area contributed by atoms with Crippen molar-refractivity contribution in [2.75, 3.05) is 13.1 Å². The van der Waals surface area contributed by atoms with E-state index >= 15 is 0 Å². The number of alkyl halides is 9. The van der Waals surface area contributed by atoms with Crippen LogP contribution in [-0.2, 0) is 6.18 Å². The molecule has 0 bridgehead atoms. The van der Waals surface area contributed by atoms with E-state index in [1.807, 2.05) is 5.32 Å². The Labute approximate surface area is 230 Å². The summed E-state index contributed by atoms with van der Waals surface area (Å²) >= 11 is 17.2. The van der Waals surface area contributed by atoms with Crippen molar-refractivity contribution in [1.82, 2.24) is 5.32 Å². The van der Waals surface area contributed by atoms with Gasteiger partial charge in [0, 0.05) is 17.5 Å². The predicted octanol–water partition coefficient (Wildman–Crippen LogP) is 9.68. The first-order chi connectivity index (χ1) is 17.7. The Hall–Kier alpha value is -2.02. The molecule has 0 saturated heterocycles. The lowest BCUT2D eigenvalue weighted by molar-refractivity contribution is -0.140. The summed E-state index contributed by atoms with van der Waals surface area (Å²) < 4.78 is 134. The molecule has 2 aromatic rings. The molecule has 0 aliphatic rings. The van der Waals surface area contributed by atoms with Crippen LogP contribution in [0.15, 0.2) is 36.4 Å². The lowest BCUT2D eigenvalue weighted by atomic mass is 9.93. The second-order valence-corrected chi connectivity index (χ2v) is 9.76. The fourth-order valence-electron chi connectivity index (χ4n) is 3.51. The monoisotopic (exact) mass is 631 g/mol. The molecule has 0 amide bonds. The van der Waals surface area contributed by atoms with Gasteiger partial charge in [-0.1, -0.05) is 53.9 Å². The fraction of sp³-hybridized carbons (Fsp3) is 0.375. The summed E-state index contributed by atoms with van der Waals surface area (Å²) in [6, 6.07) is 3.04. The van der Waals surface area contributed by atoms with Crippen molar-refractivity contribution in [2.45, 2.75) is 37.8 Å². The van der Waals surface area contributed by atoms with E-state index in [4.69, 9.17) is 34.8 Å². The highest BCUT2D eigenvalue weighted by atomic mass is 35.5. The number of rotatable bonds is 9. The zero-order valence-electron chi connectivity index (χ0n) is 19.6. The minimum atomic E-state index is -5.21. The van der Waals surface area contributed by atoms with Crippen LogP contribution in [0.1, 0.15) is 46.3 Å². The zero-order chi connectivity index (χ0) is 29.9. The van der Waals surface area contributed by atoms with E-state index in [2.05, 4.69) is 0 Å². The second-order valence-electron chi connectivity index (χ2n) is 8.57. The highest BCUT2D eigenvalue weighted by Gasteiger charge is 2.41. The van der Waals surface area contributed by atoms with E-state index in [-0.39, 0.29) is 33.8 Å². The Morgan fingerprint density at radius 3 is 2.00 bits per heavy atom. The van der Waals surface area contributed by atoms with E-state index < -0.39 is 77.2 Å². The summed E-state index contributed by atoms with van der Waals surface area (Å²) in [7, 11) is 0. The molecule has 0 radical (unpaired) electrons. The van der Waals surface area contributed by atoms with Gasteiger partial charge in [0.25, 0.3) is 0 Å². The molecule has 0 aliphatic heterocycles. The third kappa shape index (κ3) is 9.54. The summed E-state index contributed by atoms with van der Waals surface area (Å²) in [6.07, 6.45) is -15.4. The first kappa shape index (κ1) is 33.2. The van der Waals surface area contributed by atoms with E-state index in [1.165, 1.54) is 6.92 Å². The van der Waals surface area contributed by atoms with Gasteiger partial charge in [0.2, 0.25) is 0 Å². The van der Waals surface area contributed by atoms with Gasteiger partial charge in [-0.3, -0.25) is 4.79 Å². The van der Waals surface area contributed by atoms with Crippen molar-refractivity contribution >= 4 is 46.4 Å². The number of allylic oxidation sites excluding steroid dienone is 1. The predicted molar refractivity (Wildman–Crippen MR) is 128 cm³/mol. The Balaban J connectivity index is 2.42. The first-order valence-electron chi connectivity index (χ1n) is 10.8. The van der Waals surface area contributed by atoms with Gasteiger partial charge in [-0.15, -0.1) is 0 Å². The van der Waals surface area contributed by atoms with Crippen molar-refractivity contribution in [3.05, 3.63) is 73.7 Å². The lowest BCUT2D eigenvalue weighted by Crippen LogP contribution is -2.32. The third-order valence-electron chi connectivity index (χ3n) is 5.28. The smallest absolute Gasteiger partial charge is 0.308 e. The number of Topliss-reactive ketones (excluding diaryl/α,β-unsaturated/α-hetero) is 1. The molecular weight excluding hydrogens is 615 g/mol. The molecule has 0 spiro atoms. The Morgan fingerprint density at radius 1 is 0.949 bits per heavy atom. The first-order valence-corrected chi connectivity index (χ1v) is 11.9. The van der Waals surface area contributed by atoms with Crippen LogP contribution in [0.5, 0.6) is 0 Å². The minimum Gasteiger partial charge on any atom is -0.308 e. The number of halogens is 13. The molecule has 1 unspecified atom stereocenters. The van der Waals surface area contributed by atoms with Crippen LogP contribution in [-0.4, -0.2) is 31.2 Å². The second kappa shape index (κ2) is 12.7. The molecule has 0 saturated carbocycles. The molecule has 2 rings (SSSR count). The molecule has 39 heavy (non-hydrogen) atoms. The van der Waals surface area contributed by atoms with E-state index in [0.717, 1.165) is 12.1 Å². The summed E-state index contributed by atoms with van der Waals surface area (Å²) in [5.41, 5.74) is -4.07. The largest absolute Gasteiger partial charge is 0.417 e. The molecule has 0 fully saturated rings. The molecular formula is C24H18Cl3F10NO. The minimum absolute atomic E-state index is 0.0290. The van der Waals surface area contributed by atoms with Crippen molar-refractivity contribution in [2.24, 2.45) is 5.92 Å². The molecule has 15 heteroatoms. The normalized spacial score (nSPS) is 14.9. The van der Waals surface area contributed by atoms with Gasteiger partial charge < -0.3 is 5.32 Å². The topological polar surface area (TPSA) is 29.1 Å². The number of ketones is 1. The highest BCUT2D eigenvalue weighted by molar-refractivity contribution is 6.48. The number of nitrogens with one attached hydrogen (secondary N) is 1. The molecule has 2 aromatic carbocycles. The van der Waals surface area contributed by atoms with E-state index in [1.54, 1.807) is 0 Å². The zero-order valence-corrected chi connectivity index (χ0v) is 21.8. The van der Waals surface area contributed by atoms with Gasteiger partial charge in [-0.25, -0.2) is 4.39 Å². The van der Waals surface area contributed by atoms with Crippen LogP contribution in [0.2, 0.25) is 15.1 Å². The number of carbonyl (C=O) groups is 1. The SMILES string of the molecule is C[C@H](CNCC(F)(F)F)CC(=O)c1ccc(/C(F)=C/C(c2cc(Cl)c(Cl)c(Cl)c2)C(F)(F)F)cc1C(F)(F)F. The van der Waals surface area contributed by atoms with E-state index in [0.29, 0.717) is 12.1 Å². The molecule has 0 aromatic heterocycles. The third-order valence-corrected chi connectivity index (χ3v) is 6.48. The number of hydrogen-bond donors (Lipinski definition) is 1. The fourth-order valence-corrected chi connectivity index (χ4v) is 4.12. The molecule has 0 heterocycles. The standard InChI is InChI=1S/C24H18Cl3F10NO/c1-11(9-38-10-22(29,30)31)4-20(39)14-3-2-12(5-16(14)24(35,36)37)19(28)8-15(23(32,33)34)13-6-17(25)21(27)18(26)7-13/h2-3,5-8,11,15,38H,4,9-10H2,1H3/b19-8-/t11-,15?/m0/s1. The van der Waals surface area contributed by atoms with Crippen molar-refractivity contribution in [3.63, 3.8) is 0 Å². The lowest BCUT2D eigenvalue weighted by Gasteiger charge is -2.19. The Bertz CT molecular complexity index is 1200. The van der Waals surface area contributed by atoms with Gasteiger partial charge >= 0.3 is 18.5 Å². The van der Waals surface area contributed by atoms with Crippen LogP contribution in [0.25, 0.3) is 5.83 Å². The van der Waals surface area contributed by atoms with Gasteiger partial charge in [-0.2, -0.15) is 39.5 Å². The summed E-state index contributed by atoms with van der Waals surface area (Å²) in [5.74, 6) is -6.26. The van der Waals surface area contributed by atoms with Crippen LogP contribution in [0.3, 0.4) is 0 Å². The molecule has 2 nitrogen and oxygen atoms in total. The van der Waals surface area contributed by atoms with Gasteiger partial charge in [-0.05, 0) is 42.3 Å². The van der Waals surface area contributed by atoms with Crippen LogP contribution in [0, 0.1) is 5.92 Å². The average molecular weight is 633 g/mol. The number of carbonyl (C=O) groups excluding carboxylic acids is 1. The Morgan fingerprint density at radius 2 is 1.51 bits per heavy atom. The van der Waals surface area contributed by atoms with Crippen molar-refractivity contribution < 1.29 is 48.7 Å². The van der Waals surface area contributed by atoms with Crippen LogP contribution >= 0.6 is 34.8 Å². The molecule has 2 atom stereocenters. The van der Waals surface area contributed by atoms with Crippen LogP contribution in [0.4, 0.5) is 43.9 Å². The average Bonchev–Trinajstić information content (AvgIpc) is 2.77. The quantitative estimate of drug-likeness (QED) is 0.169. The highest BCUT2D eigenvalue weighted by Crippen LogP contribution is 2.43. The maximum atomic E-state index is 14.9. The van der Waals surface area contributed by atoms with Crippen molar-refractivity contribution in [1.29, 1.82) is 0 Å². The maximum Gasteiger partial charge on any atom is 0.417 e. The number of benzene rings is 2. The number of hydrogen-bond acceptors (Lipinski definition) is 2. The molecule has 0 aliphatic carbocycles. The van der Waals surface area contributed by atoms with Crippen LogP contribution < -0.4 is 5.32 Å². The Kier molecular flexibility index (Phi) is 10.8. The van der Waals surface area contributed by atoms with Crippen molar-refractivity contribution in [3.8, 4) is 0 Å². The van der Waals surface area contributed by atoms with Gasteiger partial charge in [0.05, 0.1) is 27.2 Å². The summed E-state index contributed by atoms with van der Waals surface area (Å²) in [6.45, 7) is -0.371. The molecule has 1 N–H and O–H groups in total. The van der Waals surface area contributed by atoms with E-state index in [9.17, 15) is 48.7 Å².